The minimum absolute atomic E-state index is 0.248. The van der Waals surface area contributed by atoms with Gasteiger partial charge >= 0.3 is 12.1 Å². The number of hydrogen-bond acceptors (Lipinski definition) is 4. The fraction of sp³-hybridized carbons (Fsp3) is 0.278. The van der Waals surface area contributed by atoms with E-state index in [4.69, 9.17) is 0 Å². The van der Waals surface area contributed by atoms with Crippen molar-refractivity contribution in [2.45, 2.75) is 30.0 Å². The van der Waals surface area contributed by atoms with E-state index in [1.54, 1.807) is 12.1 Å². The van der Waals surface area contributed by atoms with Crippen molar-refractivity contribution in [1.29, 1.82) is 0 Å². The predicted molar refractivity (Wildman–Crippen MR) is 90.6 cm³/mol. The van der Waals surface area contributed by atoms with Gasteiger partial charge in [-0.25, -0.2) is 17.9 Å². The highest BCUT2D eigenvalue weighted by Gasteiger charge is 2.38. The summed E-state index contributed by atoms with van der Waals surface area (Å²) in [6.45, 7) is 0. The van der Waals surface area contributed by atoms with Crippen LogP contribution in [0.4, 0.5) is 13.2 Å². The molecular weight excluding hydrogens is 383 g/mol. The van der Waals surface area contributed by atoms with Crippen molar-refractivity contribution in [3.05, 3.63) is 64.7 Å². The van der Waals surface area contributed by atoms with E-state index in [0.717, 1.165) is 23.8 Å². The number of methoxy groups -OCH3 is 1. The molecule has 3 rings (SSSR count). The Hall–Kier alpha value is -2.39. The van der Waals surface area contributed by atoms with Gasteiger partial charge in [0.2, 0.25) is 10.0 Å². The number of ether oxygens (including phenoxy) is 1. The molecule has 0 spiro atoms. The number of halogens is 3. The van der Waals surface area contributed by atoms with Crippen molar-refractivity contribution in [2.75, 3.05) is 7.11 Å². The van der Waals surface area contributed by atoms with Crippen LogP contribution in [0.1, 0.15) is 39.5 Å². The number of carbonyl (C=O) groups is 1. The molecule has 0 heterocycles. The van der Waals surface area contributed by atoms with Gasteiger partial charge in [-0.2, -0.15) is 13.2 Å². The molecule has 0 bridgehead atoms. The number of fused-ring (bicyclic) bond motifs is 1. The van der Waals surface area contributed by atoms with Crippen LogP contribution in [-0.4, -0.2) is 21.5 Å². The van der Waals surface area contributed by atoms with Gasteiger partial charge in [0.15, 0.2) is 0 Å². The van der Waals surface area contributed by atoms with Crippen LogP contribution in [0.25, 0.3) is 0 Å². The standard InChI is InChI=1S/C18H16F3NO4S/c1-26-17(23)12-7-6-11-8-9-15(13(11)10-12)22-27(24,25)16-5-3-2-4-14(16)18(19,20)21/h2-7,10,15,22H,8-9H2,1H3. The third-order valence-corrected chi connectivity index (χ3v) is 5.95. The zero-order valence-corrected chi connectivity index (χ0v) is 15.0. The van der Waals surface area contributed by atoms with Gasteiger partial charge in [0.05, 0.1) is 23.1 Å². The zero-order valence-electron chi connectivity index (χ0n) is 14.2. The number of esters is 1. The van der Waals surface area contributed by atoms with E-state index in [0.29, 0.717) is 18.4 Å². The maximum absolute atomic E-state index is 13.2. The second kappa shape index (κ2) is 6.97. The molecule has 5 nitrogen and oxygen atoms in total. The minimum Gasteiger partial charge on any atom is -0.465 e. The Balaban J connectivity index is 1.95. The molecule has 0 saturated carbocycles. The first-order valence-corrected chi connectivity index (χ1v) is 9.51. The summed E-state index contributed by atoms with van der Waals surface area (Å²) >= 11 is 0. The largest absolute Gasteiger partial charge is 0.465 e. The Labute approximate surface area is 154 Å². The number of benzene rings is 2. The summed E-state index contributed by atoms with van der Waals surface area (Å²) in [4.78, 5) is 10.9. The molecule has 27 heavy (non-hydrogen) atoms. The van der Waals surface area contributed by atoms with Crippen molar-refractivity contribution in [3.63, 3.8) is 0 Å². The van der Waals surface area contributed by atoms with Gasteiger partial charge in [-0.3, -0.25) is 0 Å². The lowest BCUT2D eigenvalue weighted by atomic mass is 10.0. The second-order valence-electron chi connectivity index (χ2n) is 6.11. The molecule has 0 saturated heterocycles. The van der Waals surface area contributed by atoms with Gasteiger partial charge in [0.1, 0.15) is 0 Å². The summed E-state index contributed by atoms with van der Waals surface area (Å²) < 4.78 is 71.8. The van der Waals surface area contributed by atoms with Gasteiger partial charge in [-0.05, 0) is 48.2 Å². The van der Waals surface area contributed by atoms with Crippen LogP contribution in [0, 0.1) is 0 Å². The number of alkyl halides is 3. The molecular formula is C18H16F3NO4S. The van der Waals surface area contributed by atoms with E-state index >= 15 is 0 Å². The van der Waals surface area contributed by atoms with E-state index in [1.165, 1.54) is 19.2 Å². The Morgan fingerprint density at radius 2 is 1.89 bits per heavy atom. The molecule has 0 radical (unpaired) electrons. The van der Waals surface area contributed by atoms with Crippen LogP contribution >= 0.6 is 0 Å². The highest BCUT2D eigenvalue weighted by molar-refractivity contribution is 7.89. The van der Waals surface area contributed by atoms with Crippen LogP contribution in [-0.2, 0) is 27.4 Å². The molecule has 2 aromatic rings. The van der Waals surface area contributed by atoms with Crippen LogP contribution in [0.5, 0.6) is 0 Å². The summed E-state index contributed by atoms with van der Waals surface area (Å²) in [7, 11) is -3.20. The van der Waals surface area contributed by atoms with Crippen molar-refractivity contribution in [1.82, 2.24) is 4.72 Å². The molecule has 1 aliphatic carbocycles. The maximum Gasteiger partial charge on any atom is 0.417 e. The van der Waals surface area contributed by atoms with Crippen molar-refractivity contribution in [3.8, 4) is 0 Å². The number of carbonyl (C=O) groups excluding carboxylic acids is 1. The Kier molecular flexibility index (Phi) is 5.00. The SMILES string of the molecule is COC(=O)c1ccc2c(c1)C(NS(=O)(=O)c1ccccc1C(F)(F)F)CC2. The molecule has 1 atom stereocenters. The fourth-order valence-corrected chi connectivity index (χ4v) is 4.63. The lowest BCUT2D eigenvalue weighted by molar-refractivity contribution is -0.139. The van der Waals surface area contributed by atoms with Crippen LogP contribution in [0.2, 0.25) is 0 Å². The highest BCUT2D eigenvalue weighted by atomic mass is 32.2. The second-order valence-corrected chi connectivity index (χ2v) is 7.79. The molecule has 1 N–H and O–H groups in total. The third-order valence-electron chi connectivity index (χ3n) is 4.42. The highest BCUT2D eigenvalue weighted by Crippen LogP contribution is 2.36. The van der Waals surface area contributed by atoms with E-state index in [9.17, 15) is 26.4 Å². The Morgan fingerprint density at radius 3 is 2.56 bits per heavy atom. The average Bonchev–Trinajstić information content (AvgIpc) is 3.02. The number of aryl methyl sites for hydroxylation is 1. The van der Waals surface area contributed by atoms with Gasteiger partial charge in [0, 0.05) is 6.04 Å². The maximum atomic E-state index is 13.2. The van der Waals surface area contributed by atoms with Crippen molar-refractivity contribution >= 4 is 16.0 Å². The number of sulfonamides is 1. The number of hydrogen-bond donors (Lipinski definition) is 1. The molecule has 0 fully saturated rings. The van der Waals surface area contributed by atoms with Crippen LogP contribution in [0.3, 0.4) is 0 Å². The molecule has 0 amide bonds. The first-order chi connectivity index (χ1) is 12.6. The molecule has 2 aromatic carbocycles. The van der Waals surface area contributed by atoms with E-state index < -0.39 is 38.7 Å². The lowest BCUT2D eigenvalue weighted by Crippen LogP contribution is -2.29. The molecule has 9 heteroatoms. The number of rotatable bonds is 4. The molecule has 1 unspecified atom stereocenters. The van der Waals surface area contributed by atoms with Crippen LogP contribution in [0.15, 0.2) is 47.4 Å². The van der Waals surface area contributed by atoms with E-state index in [-0.39, 0.29) is 5.56 Å². The Morgan fingerprint density at radius 1 is 1.19 bits per heavy atom. The van der Waals surface area contributed by atoms with Gasteiger partial charge in [-0.15, -0.1) is 0 Å². The quantitative estimate of drug-likeness (QED) is 0.800. The molecule has 0 aliphatic heterocycles. The number of nitrogens with one attached hydrogen (secondary N) is 1. The van der Waals surface area contributed by atoms with Gasteiger partial charge in [0.25, 0.3) is 0 Å². The third kappa shape index (κ3) is 3.84. The summed E-state index contributed by atoms with van der Waals surface area (Å²) in [6.07, 6.45) is -3.87. The van der Waals surface area contributed by atoms with Gasteiger partial charge < -0.3 is 4.74 Å². The lowest BCUT2D eigenvalue weighted by Gasteiger charge is -2.18. The summed E-state index contributed by atoms with van der Waals surface area (Å²) in [5.41, 5.74) is 0.419. The monoisotopic (exact) mass is 399 g/mol. The molecule has 0 aromatic heterocycles. The predicted octanol–water partition coefficient (Wildman–Crippen LogP) is 3.46. The minimum atomic E-state index is -4.79. The smallest absolute Gasteiger partial charge is 0.417 e. The molecule has 1 aliphatic rings. The summed E-state index contributed by atoms with van der Waals surface area (Å²) in [5, 5.41) is 0. The van der Waals surface area contributed by atoms with Crippen molar-refractivity contribution < 1.29 is 31.1 Å². The fourth-order valence-electron chi connectivity index (χ4n) is 3.16. The summed E-state index contributed by atoms with van der Waals surface area (Å²) in [6, 6.07) is 8.07. The summed E-state index contributed by atoms with van der Waals surface area (Å²) in [5.74, 6) is -0.575. The van der Waals surface area contributed by atoms with E-state index in [2.05, 4.69) is 9.46 Å². The van der Waals surface area contributed by atoms with Gasteiger partial charge in [-0.1, -0.05) is 18.2 Å². The zero-order chi connectivity index (χ0) is 19.8. The van der Waals surface area contributed by atoms with Crippen LogP contribution < -0.4 is 4.72 Å². The average molecular weight is 399 g/mol. The first kappa shape index (κ1) is 19.4. The topological polar surface area (TPSA) is 72.5 Å². The van der Waals surface area contributed by atoms with Crippen molar-refractivity contribution in [2.24, 2.45) is 0 Å². The normalized spacial score (nSPS) is 16.8. The van der Waals surface area contributed by atoms with E-state index in [1.807, 2.05) is 0 Å². The molecule has 144 valence electrons. The first-order valence-electron chi connectivity index (χ1n) is 8.03. The Bertz CT molecular complexity index is 986.